The predicted octanol–water partition coefficient (Wildman–Crippen LogP) is 3.52. The average Bonchev–Trinajstić information content (AvgIpc) is 2.49. The third-order valence-corrected chi connectivity index (χ3v) is 4.83. The van der Waals surface area contributed by atoms with Crippen LogP contribution in [0.25, 0.3) is 0 Å². The van der Waals surface area contributed by atoms with Crippen molar-refractivity contribution in [1.29, 1.82) is 0 Å². The molecule has 1 N–H and O–H groups in total. The molecule has 3 nitrogen and oxygen atoms in total. The number of likely N-dealkylation sites (N-methyl/N-ethyl adjacent to an activating group) is 1. The fourth-order valence-electron chi connectivity index (χ4n) is 3.73. The van der Waals surface area contributed by atoms with Gasteiger partial charge in [0, 0.05) is 12.6 Å². The first-order valence-corrected chi connectivity index (χ1v) is 8.80. The highest BCUT2D eigenvalue weighted by Gasteiger charge is 2.31. The molecule has 2 rings (SSSR count). The average molecular weight is 283 g/mol. The van der Waals surface area contributed by atoms with Crippen LogP contribution in [0.3, 0.4) is 0 Å². The Labute approximate surface area is 124 Å². The van der Waals surface area contributed by atoms with Gasteiger partial charge in [-0.25, -0.2) is 0 Å². The van der Waals surface area contributed by atoms with E-state index in [1.54, 1.807) is 0 Å². The van der Waals surface area contributed by atoms with Gasteiger partial charge in [0.1, 0.15) is 0 Å². The summed E-state index contributed by atoms with van der Waals surface area (Å²) >= 11 is 0. The third-order valence-electron chi connectivity index (χ3n) is 4.83. The Morgan fingerprint density at radius 3 is 2.75 bits per heavy atom. The molecule has 2 fully saturated rings. The van der Waals surface area contributed by atoms with E-state index in [1.165, 1.54) is 51.4 Å². The van der Waals surface area contributed by atoms with Crippen molar-refractivity contribution in [2.45, 2.75) is 83.5 Å². The van der Waals surface area contributed by atoms with Crippen LogP contribution in [-0.4, -0.2) is 38.0 Å². The molecule has 1 aliphatic heterocycles. The molecule has 1 aliphatic carbocycles. The highest BCUT2D eigenvalue weighted by molar-refractivity contribution is 4.86. The van der Waals surface area contributed by atoms with Crippen molar-refractivity contribution in [2.75, 3.05) is 19.8 Å². The van der Waals surface area contributed by atoms with E-state index in [-0.39, 0.29) is 0 Å². The fraction of sp³-hybridized carbons (Fsp3) is 1.00. The maximum Gasteiger partial charge on any atom is 0.0808 e. The molecule has 1 saturated carbocycles. The van der Waals surface area contributed by atoms with Crippen molar-refractivity contribution >= 4 is 0 Å². The summed E-state index contributed by atoms with van der Waals surface area (Å²) in [6.07, 6.45) is 11.0. The second kappa shape index (κ2) is 9.01. The van der Waals surface area contributed by atoms with E-state index in [4.69, 9.17) is 9.47 Å². The largest absolute Gasteiger partial charge is 0.376 e. The maximum atomic E-state index is 6.28. The molecule has 0 spiro atoms. The van der Waals surface area contributed by atoms with Gasteiger partial charge in [-0.2, -0.15) is 0 Å². The molecule has 118 valence electrons. The van der Waals surface area contributed by atoms with Gasteiger partial charge in [0.15, 0.2) is 0 Å². The van der Waals surface area contributed by atoms with Crippen molar-refractivity contribution in [3.05, 3.63) is 0 Å². The quantitative estimate of drug-likeness (QED) is 0.775. The molecule has 2 aliphatic rings. The number of ether oxygens (including phenoxy) is 2. The van der Waals surface area contributed by atoms with E-state index in [0.717, 1.165) is 25.7 Å². The zero-order valence-electron chi connectivity index (χ0n) is 13.4. The molecule has 4 atom stereocenters. The first kappa shape index (κ1) is 16.3. The number of nitrogens with one attached hydrogen (secondary N) is 1. The van der Waals surface area contributed by atoms with Crippen molar-refractivity contribution in [2.24, 2.45) is 5.92 Å². The van der Waals surface area contributed by atoms with E-state index in [0.29, 0.717) is 18.2 Å². The third kappa shape index (κ3) is 5.01. The predicted molar refractivity (Wildman–Crippen MR) is 83.0 cm³/mol. The van der Waals surface area contributed by atoms with Gasteiger partial charge in [-0.15, -0.1) is 0 Å². The molecule has 0 bridgehead atoms. The summed E-state index contributed by atoms with van der Waals surface area (Å²) in [5.41, 5.74) is 0. The summed E-state index contributed by atoms with van der Waals surface area (Å²) in [7, 11) is 0. The summed E-state index contributed by atoms with van der Waals surface area (Å²) in [6.45, 7) is 7.25. The molecule has 0 radical (unpaired) electrons. The molecular formula is C17H33NO2. The van der Waals surface area contributed by atoms with Gasteiger partial charge in [-0.05, 0) is 51.0 Å². The molecule has 0 amide bonds. The molecule has 1 heterocycles. The first-order valence-electron chi connectivity index (χ1n) is 8.80. The van der Waals surface area contributed by atoms with Crippen molar-refractivity contribution in [1.82, 2.24) is 5.32 Å². The Kier molecular flexibility index (Phi) is 7.32. The Morgan fingerprint density at radius 1 is 1.15 bits per heavy atom. The molecule has 1 saturated heterocycles. The van der Waals surface area contributed by atoms with Gasteiger partial charge in [0.2, 0.25) is 0 Å². The van der Waals surface area contributed by atoms with Crippen molar-refractivity contribution in [3.63, 3.8) is 0 Å². The Hall–Kier alpha value is -0.120. The fourth-order valence-corrected chi connectivity index (χ4v) is 3.73. The zero-order valence-corrected chi connectivity index (χ0v) is 13.4. The first-order chi connectivity index (χ1) is 9.83. The topological polar surface area (TPSA) is 30.5 Å². The van der Waals surface area contributed by atoms with Crippen LogP contribution in [-0.2, 0) is 9.47 Å². The SMILES string of the molecule is CCCC1CCC(NCC)C(OCC2CCCCO2)C1. The van der Waals surface area contributed by atoms with Crippen molar-refractivity contribution < 1.29 is 9.47 Å². The lowest BCUT2D eigenvalue weighted by Crippen LogP contribution is -2.46. The second-order valence-electron chi connectivity index (χ2n) is 6.49. The molecule has 20 heavy (non-hydrogen) atoms. The van der Waals surface area contributed by atoms with E-state index >= 15 is 0 Å². The van der Waals surface area contributed by atoms with Crippen LogP contribution in [0.15, 0.2) is 0 Å². The molecule has 0 aromatic carbocycles. The van der Waals surface area contributed by atoms with Gasteiger partial charge >= 0.3 is 0 Å². The lowest BCUT2D eigenvalue weighted by atomic mass is 9.81. The molecule has 0 aromatic rings. The van der Waals surface area contributed by atoms with Crippen LogP contribution in [0, 0.1) is 5.92 Å². The van der Waals surface area contributed by atoms with Crippen LogP contribution < -0.4 is 5.32 Å². The lowest BCUT2D eigenvalue weighted by molar-refractivity contribution is -0.0833. The highest BCUT2D eigenvalue weighted by Crippen LogP contribution is 2.30. The maximum absolute atomic E-state index is 6.28. The van der Waals surface area contributed by atoms with Crippen LogP contribution in [0.2, 0.25) is 0 Å². The number of hydrogen-bond acceptors (Lipinski definition) is 3. The molecular weight excluding hydrogens is 250 g/mol. The van der Waals surface area contributed by atoms with Crippen LogP contribution in [0.4, 0.5) is 0 Å². The second-order valence-corrected chi connectivity index (χ2v) is 6.49. The highest BCUT2D eigenvalue weighted by atomic mass is 16.5. The van der Waals surface area contributed by atoms with E-state index in [2.05, 4.69) is 19.2 Å². The molecule has 4 unspecified atom stereocenters. The Bertz CT molecular complexity index is 253. The number of rotatable bonds is 7. The Balaban J connectivity index is 1.79. The summed E-state index contributed by atoms with van der Waals surface area (Å²) < 4.78 is 12.1. The minimum Gasteiger partial charge on any atom is -0.376 e. The van der Waals surface area contributed by atoms with Gasteiger partial charge in [0.05, 0.1) is 18.8 Å². The number of hydrogen-bond donors (Lipinski definition) is 1. The van der Waals surface area contributed by atoms with Crippen LogP contribution >= 0.6 is 0 Å². The normalized spacial score (nSPS) is 35.1. The minimum absolute atomic E-state index is 0.345. The van der Waals surface area contributed by atoms with E-state index < -0.39 is 0 Å². The van der Waals surface area contributed by atoms with Gasteiger partial charge < -0.3 is 14.8 Å². The van der Waals surface area contributed by atoms with Gasteiger partial charge in [0.25, 0.3) is 0 Å². The van der Waals surface area contributed by atoms with E-state index in [9.17, 15) is 0 Å². The summed E-state index contributed by atoms with van der Waals surface area (Å²) in [6, 6.07) is 0.552. The van der Waals surface area contributed by atoms with Crippen LogP contribution in [0.1, 0.15) is 65.2 Å². The van der Waals surface area contributed by atoms with Gasteiger partial charge in [-0.3, -0.25) is 0 Å². The van der Waals surface area contributed by atoms with Crippen LogP contribution in [0.5, 0.6) is 0 Å². The van der Waals surface area contributed by atoms with Crippen molar-refractivity contribution in [3.8, 4) is 0 Å². The molecule has 3 heteroatoms. The summed E-state index contributed by atoms with van der Waals surface area (Å²) in [4.78, 5) is 0. The smallest absolute Gasteiger partial charge is 0.0808 e. The van der Waals surface area contributed by atoms with Gasteiger partial charge in [-0.1, -0.05) is 26.7 Å². The summed E-state index contributed by atoms with van der Waals surface area (Å²) in [5.74, 6) is 0.868. The molecule has 0 aromatic heterocycles. The monoisotopic (exact) mass is 283 g/mol. The summed E-state index contributed by atoms with van der Waals surface area (Å²) in [5, 5.41) is 3.62. The minimum atomic E-state index is 0.345. The lowest BCUT2D eigenvalue weighted by Gasteiger charge is -2.37. The Morgan fingerprint density at radius 2 is 2.05 bits per heavy atom. The van der Waals surface area contributed by atoms with E-state index in [1.807, 2.05) is 0 Å². The zero-order chi connectivity index (χ0) is 14.2. The standard InChI is InChI=1S/C17H33NO2/c1-3-7-14-9-10-16(18-4-2)17(12-14)20-13-15-8-5-6-11-19-15/h14-18H,3-13H2,1-2H3.